The minimum Gasteiger partial charge on any atom is -0.492 e. The number of fused-ring (bicyclic) bond motifs is 1. The SMILES string of the molecule is CSCC[C@H](NC(=O)[C@H](Cc1ccccc1)NC(=O)c1cccc2c1OCCC2NC[C@@H](N)CS)C(=O)O. The van der Waals surface area contributed by atoms with E-state index in [2.05, 4.69) is 28.6 Å². The number of carbonyl (C=O) groups excluding carboxylic acids is 2. The quantitative estimate of drug-likeness (QED) is 0.193. The maximum atomic E-state index is 13.5. The minimum atomic E-state index is -1.11. The lowest BCUT2D eigenvalue weighted by Gasteiger charge is -2.29. The average Bonchev–Trinajstić information content (AvgIpc) is 2.93. The second-order valence-corrected chi connectivity index (χ2v) is 10.5. The van der Waals surface area contributed by atoms with Gasteiger partial charge in [0.05, 0.1) is 12.2 Å². The molecule has 2 aromatic rings. The summed E-state index contributed by atoms with van der Waals surface area (Å²) in [6.07, 6.45) is 3.08. The van der Waals surface area contributed by atoms with E-state index in [9.17, 15) is 19.5 Å². The Morgan fingerprint density at radius 3 is 2.58 bits per heavy atom. The number of thioether (sulfide) groups is 1. The largest absolute Gasteiger partial charge is 0.492 e. The van der Waals surface area contributed by atoms with Gasteiger partial charge in [0, 0.05) is 42.8 Å². The van der Waals surface area contributed by atoms with Crippen molar-refractivity contribution < 1.29 is 24.2 Å². The summed E-state index contributed by atoms with van der Waals surface area (Å²) in [5.74, 6) is -0.539. The van der Waals surface area contributed by atoms with Crippen LogP contribution in [-0.2, 0) is 16.0 Å². The van der Waals surface area contributed by atoms with Gasteiger partial charge in [-0.05, 0) is 30.1 Å². The summed E-state index contributed by atoms with van der Waals surface area (Å²) in [5.41, 5.74) is 8.00. The molecule has 38 heavy (non-hydrogen) atoms. The predicted molar refractivity (Wildman–Crippen MR) is 153 cm³/mol. The van der Waals surface area contributed by atoms with Gasteiger partial charge in [-0.3, -0.25) is 9.59 Å². The van der Waals surface area contributed by atoms with Crippen LogP contribution in [0.5, 0.6) is 5.75 Å². The summed E-state index contributed by atoms with van der Waals surface area (Å²) < 4.78 is 5.91. The molecule has 0 saturated carbocycles. The van der Waals surface area contributed by atoms with Crippen molar-refractivity contribution in [1.82, 2.24) is 16.0 Å². The molecule has 0 aliphatic carbocycles. The Morgan fingerprint density at radius 2 is 1.89 bits per heavy atom. The summed E-state index contributed by atoms with van der Waals surface area (Å²) >= 11 is 5.73. The molecule has 1 aliphatic heterocycles. The number of rotatable bonds is 14. The molecule has 0 fully saturated rings. The van der Waals surface area contributed by atoms with E-state index < -0.39 is 29.9 Å². The molecule has 0 radical (unpaired) electrons. The van der Waals surface area contributed by atoms with E-state index in [0.717, 1.165) is 17.5 Å². The number of thiol groups is 1. The second-order valence-electron chi connectivity index (χ2n) is 9.16. The van der Waals surface area contributed by atoms with Gasteiger partial charge in [0.15, 0.2) is 0 Å². The number of carboxylic acids is 1. The molecule has 6 N–H and O–H groups in total. The van der Waals surface area contributed by atoms with Crippen molar-refractivity contribution in [3.8, 4) is 5.75 Å². The van der Waals surface area contributed by atoms with E-state index >= 15 is 0 Å². The number of benzene rings is 2. The first-order valence-electron chi connectivity index (χ1n) is 12.6. The van der Waals surface area contributed by atoms with Crippen LogP contribution in [0.25, 0.3) is 0 Å². The predicted octanol–water partition coefficient (Wildman–Crippen LogP) is 2.02. The van der Waals surface area contributed by atoms with Crippen LogP contribution < -0.4 is 26.4 Å². The van der Waals surface area contributed by atoms with Crippen molar-refractivity contribution in [3.05, 3.63) is 65.2 Å². The molecule has 11 heteroatoms. The van der Waals surface area contributed by atoms with Gasteiger partial charge < -0.3 is 31.5 Å². The summed E-state index contributed by atoms with van der Waals surface area (Å²) in [6.45, 7) is 0.999. The fourth-order valence-corrected chi connectivity index (χ4v) is 4.83. The molecule has 0 spiro atoms. The van der Waals surface area contributed by atoms with Gasteiger partial charge in [0.2, 0.25) is 5.91 Å². The third kappa shape index (κ3) is 8.39. The zero-order valence-corrected chi connectivity index (χ0v) is 23.1. The van der Waals surface area contributed by atoms with Gasteiger partial charge in [0.1, 0.15) is 17.8 Å². The van der Waals surface area contributed by atoms with E-state index in [1.165, 1.54) is 11.8 Å². The van der Waals surface area contributed by atoms with Crippen molar-refractivity contribution in [1.29, 1.82) is 0 Å². The molecule has 206 valence electrons. The van der Waals surface area contributed by atoms with Gasteiger partial charge in [-0.1, -0.05) is 42.5 Å². The van der Waals surface area contributed by atoms with E-state index in [1.807, 2.05) is 42.7 Å². The summed E-state index contributed by atoms with van der Waals surface area (Å²) in [4.78, 5) is 38.5. The van der Waals surface area contributed by atoms with Crippen LogP contribution in [0.4, 0.5) is 0 Å². The fraction of sp³-hybridized carbons (Fsp3) is 0.444. The Bertz CT molecular complexity index is 1090. The standard InChI is InChI=1S/C27H36N4O5S2/c1-38-13-11-22(27(34)35)30-26(33)23(14-17-6-3-2-4-7-17)31-25(32)20-9-5-8-19-21(10-12-36-24(19)20)29-15-18(28)16-37/h2-9,18,21-23,29,37H,10-16,28H2,1H3,(H,30,33)(H,31,32)(H,34,35)/t18-,21?,22+,23+/m1/s1. The number of carboxylic acid groups (broad SMARTS) is 1. The van der Waals surface area contributed by atoms with E-state index in [1.54, 1.807) is 12.1 Å². The Morgan fingerprint density at radius 1 is 1.13 bits per heavy atom. The van der Waals surface area contributed by atoms with Crippen molar-refractivity contribution in [2.45, 2.75) is 43.4 Å². The average molecular weight is 561 g/mol. The van der Waals surface area contributed by atoms with Gasteiger partial charge in [-0.25, -0.2) is 4.79 Å². The topological polar surface area (TPSA) is 143 Å². The second kappa shape index (κ2) is 15.0. The lowest BCUT2D eigenvalue weighted by Crippen LogP contribution is -2.52. The summed E-state index contributed by atoms with van der Waals surface area (Å²) in [7, 11) is 0. The number of aliphatic carboxylic acids is 1. The van der Waals surface area contributed by atoms with Gasteiger partial charge in [-0.2, -0.15) is 24.4 Å². The Labute approximate surface area is 233 Å². The van der Waals surface area contributed by atoms with Crippen LogP contribution >= 0.6 is 24.4 Å². The van der Waals surface area contributed by atoms with Crippen molar-refractivity contribution in [2.75, 3.05) is 30.9 Å². The molecule has 9 nitrogen and oxygen atoms in total. The summed E-state index contributed by atoms with van der Waals surface area (Å²) in [6, 6.07) is 12.5. The zero-order chi connectivity index (χ0) is 27.5. The fourth-order valence-electron chi connectivity index (χ4n) is 4.23. The van der Waals surface area contributed by atoms with Crippen LogP contribution in [0.2, 0.25) is 0 Å². The number of carbonyl (C=O) groups is 3. The molecular weight excluding hydrogens is 524 g/mol. The molecule has 1 aliphatic rings. The molecule has 2 aromatic carbocycles. The van der Waals surface area contributed by atoms with Gasteiger partial charge in [0.25, 0.3) is 5.91 Å². The van der Waals surface area contributed by atoms with Crippen LogP contribution in [-0.4, -0.2) is 71.9 Å². The number of ether oxygens (including phenoxy) is 1. The van der Waals surface area contributed by atoms with Crippen LogP contribution in [0.15, 0.2) is 48.5 Å². The molecule has 0 saturated heterocycles. The van der Waals surface area contributed by atoms with Gasteiger partial charge >= 0.3 is 5.97 Å². The molecule has 4 atom stereocenters. The first-order chi connectivity index (χ1) is 18.3. The number of amides is 2. The monoisotopic (exact) mass is 560 g/mol. The first-order valence-corrected chi connectivity index (χ1v) is 14.6. The number of hydrogen-bond donors (Lipinski definition) is 6. The highest BCUT2D eigenvalue weighted by Gasteiger charge is 2.30. The van der Waals surface area contributed by atoms with Crippen LogP contribution in [0.1, 0.15) is 40.4 Å². The Balaban J connectivity index is 1.82. The molecular formula is C27H36N4O5S2. The van der Waals surface area contributed by atoms with Crippen molar-refractivity contribution in [3.63, 3.8) is 0 Å². The van der Waals surface area contributed by atoms with E-state index in [4.69, 9.17) is 10.5 Å². The Hall–Kier alpha value is -2.73. The lowest BCUT2D eigenvalue weighted by molar-refractivity contribution is -0.142. The summed E-state index contributed by atoms with van der Waals surface area (Å²) in [5, 5.41) is 18.4. The molecule has 3 rings (SSSR count). The normalized spacial score (nSPS) is 16.9. The Kier molecular flexibility index (Phi) is 11.8. The lowest BCUT2D eigenvalue weighted by atomic mass is 9.96. The smallest absolute Gasteiger partial charge is 0.326 e. The van der Waals surface area contributed by atoms with Crippen molar-refractivity contribution >= 4 is 42.2 Å². The van der Waals surface area contributed by atoms with E-state index in [0.29, 0.717) is 36.0 Å². The van der Waals surface area contributed by atoms with Crippen molar-refractivity contribution in [2.24, 2.45) is 5.73 Å². The third-order valence-electron chi connectivity index (χ3n) is 6.31. The number of nitrogens with one attached hydrogen (secondary N) is 3. The number of nitrogens with two attached hydrogens (primary N) is 1. The molecule has 0 bridgehead atoms. The third-order valence-corrected chi connectivity index (χ3v) is 7.42. The first kappa shape index (κ1) is 29.8. The highest BCUT2D eigenvalue weighted by Crippen LogP contribution is 2.35. The maximum absolute atomic E-state index is 13.5. The highest BCUT2D eigenvalue weighted by atomic mass is 32.2. The highest BCUT2D eigenvalue weighted by molar-refractivity contribution is 7.98. The molecule has 0 aromatic heterocycles. The van der Waals surface area contributed by atoms with Crippen LogP contribution in [0.3, 0.4) is 0 Å². The number of hydrogen-bond acceptors (Lipinski definition) is 8. The molecule has 2 amide bonds. The van der Waals surface area contributed by atoms with Gasteiger partial charge in [-0.15, -0.1) is 0 Å². The zero-order valence-electron chi connectivity index (χ0n) is 21.4. The maximum Gasteiger partial charge on any atom is 0.326 e. The number of para-hydroxylation sites is 1. The molecule has 1 heterocycles. The van der Waals surface area contributed by atoms with Crippen LogP contribution in [0, 0.1) is 0 Å². The molecule has 1 unspecified atom stereocenters. The minimum absolute atomic E-state index is 0.0337. The van der Waals surface area contributed by atoms with E-state index in [-0.39, 0.29) is 24.9 Å².